The lowest BCUT2D eigenvalue weighted by Crippen LogP contribution is -2.28. The summed E-state index contributed by atoms with van der Waals surface area (Å²) < 4.78 is 6.21. The molecule has 0 amide bonds. The van der Waals surface area contributed by atoms with Gasteiger partial charge >= 0.3 is 0 Å². The van der Waals surface area contributed by atoms with Crippen LogP contribution in [0.2, 0.25) is 0 Å². The molecule has 0 saturated carbocycles. The first-order chi connectivity index (χ1) is 14.5. The highest BCUT2D eigenvalue weighted by Crippen LogP contribution is 2.33. The molecule has 1 aliphatic heterocycles. The Bertz CT molecular complexity index is 1000. The Morgan fingerprint density at radius 2 is 2.00 bits per heavy atom. The maximum atomic E-state index is 6.29. The van der Waals surface area contributed by atoms with Gasteiger partial charge in [0.1, 0.15) is 17.1 Å². The molecule has 1 fully saturated rings. The molecule has 6 heteroatoms. The van der Waals surface area contributed by atoms with Crippen molar-refractivity contribution in [3.8, 4) is 5.75 Å². The lowest BCUT2D eigenvalue weighted by molar-refractivity contribution is 0.252. The van der Waals surface area contributed by atoms with E-state index in [0.717, 1.165) is 84.8 Å². The lowest BCUT2D eigenvalue weighted by Gasteiger charge is -2.22. The largest absolute Gasteiger partial charge is 0.493 e. The van der Waals surface area contributed by atoms with Gasteiger partial charge in [-0.25, -0.2) is 9.97 Å². The molecule has 1 aromatic carbocycles. The molecule has 3 aromatic rings. The molecule has 0 unspecified atom stereocenters. The van der Waals surface area contributed by atoms with Gasteiger partial charge in [-0.2, -0.15) is 0 Å². The lowest BCUT2D eigenvalue weighted by atomic mass is 9.95. The molecule has 4 N–H and O–H groups in total. The van der Waals surface area contributed by atoms with E-state index < -0.39 is 0 Å². The summed E-state index contributed by atoms with van der Waals surface area (Å²) in [6.07, 6.45) is 6.51. The van der Waals surface area contributed by atoms with Crippen LogP contribution in [-0.2, 0) is 12.8 Å². The highest BCUT2D eigenvalue weighted by atomic mass is 16.5. The average Bonchev–Trinajstić information content (AvgIpc) is 3.13. The molecule has 6 nitrogen and oxygen atoms in total. The summed E-state index contributed by atoms with van der Waals surface area (Å²) >= 11 is 0. The zero-order valence-electron chi connectivity index (χ0n) is 18.6. The average molecular weight is 410 g/mol. The molecular weight excluding hydrogens is 374 g/mol. The predicted octanol–water partition coefficient (Wildman–Crippen LogP) is 4.61. The number of benzene rings is 1. The van der Waals surface area contributed by atoms with E-state index in [9.17, 15) is 0 Å². The van der Waals surface area contributed by atoms with Crippen LogP contribution in [0.15, 0.2) is 12.1 Å². The third kappa shape index (κ3) is 4.53. The van der Waals surface area contributed by atoms with Gasteiger partial charge in [0.15, 0.2) is 5.82 Å². The number of rotatable bonds is 8. The standard InChI is InChI=1S/C24H35N5O/c1-4-5-20-28-22-21-17(12-15(2)3)13-18(14-19(21)27-24(25)23(22)29-20)30-11-8-16-6-9-26-10-7-16/h13-16,26H,4-12H2,1-3H3,(H2,25,27)(H,28,29). The van der Waals surface area contributed by atoms with Crippen LogP contribution in [0, 0.1) is 11.8 Å². The van der Waals surface area contributed by atoms with E-state index in [0.29, 0.717) is 11.7 Å². The highest BCUT2D eigenvalue weighted by molar-refractivity contribution is 6.08. The Labute approximate surface area is 179 Å². The van der Waals surface area contributed by atoms with Gasteiger partial charge in [-0.05, 0) is 68.7 Å². The number of aryl methyl sites for hydroxylation is 1. The van der Waals surface area contributed by atoms with Gasteiger partial charge < -0.3 is 20.8 Å². The molecule has 162 valence electrons. The number of nitrogens with one attached hydrogen (secondary N) is 2. The summed E-state index contributed by atoms with van der Waals surface area (Å²) in [5.74, 6) is 3.65. The molecule has 0 radical (unpaired) electrons. The first-order valence-corrected chi connectivity index (χ1v) is 11.5. The van der Waals surface area contributed by atoms with Gasteiger partial charge in [-0.1, -0.05) is 20.8 Å². The van der Waals surface area contributed by atoms with Gasteiger partial charge in [0.05, 0.1) is 17.6 Å². The number of imidazole rings is 1. The maximum Gasteiger partial charge on any atom is 0.152 e. The van der Waals surface area contributed by atoms with Crippen molar-refractivity contribution in [3.05, 3.63) is 23.5 Å². The Balaban J connectivity index is 1.68. The molecule has 0 bridgehead atoms. The Kier molecular flexibility index (Phi) is 6.42. The summed E-state index contributed by atoms with van der Waals surface area (Å²) in [6.45, 7) is 9.65. The molecule has 0 atom stereocenters. The van der Waals surface area contributed by atoms with Gasteiger partial charge in [0.2, 0.25) is 0 Å². The van der Waals surface area contributed by atoms with Crippen LogP contribution in [0.1, 0.15) is 57.8 Å². The van der Waals surface area contributed by atoms with Crippen molar-refractivity contribution < 1.29 is 4.74 Å². The van der Waals surface area contributed by atoms with Crippen LogP contribution >= 0.6 is 0 Å². The molecule has 2 aromatic heterocycles. The SMILES string of the molecule is CCCc1nc2c(N)nc3cc(OCCC4CCNCC4)cc(CC(C)C)c3c2[nH]1. The molecule has 1 aliphatic rings. The van der Waals surface area contributed by atoms with Crippen molar-refractivity contribution in [1.29, 1.82) is 0 Å². The number of nitrogens with two attached hydrogens (primary N) is 1. The van der Waals surface area contributed by atoms with Crippen molar-refractivity contribution in [2.24, 2.45) is 11.8 Å². The second-order valence-corrected chi connectivity index (χ2v) is 9.06. The molecule has 4 rings (SSSR count). The van der Waals surface area contributed by atoms with Crippen molar-refractivity contribution >= 4 is 27.8 Å². The van der Waals surface area contributed by atoms with Crippen LogP contribution in [0.5, 0.6) is 5.75 Å². The van der Waals surface area contributed by atoms with Crippen molar-refractivity contribution in [3.63, 3.8) is 0 Å². The summed E-state index contributed by atoms with van der Waals surface area (Å²) in [7, 11) is 0. The molecule has 0 spiro atoms. The van der Waals surface area contributed by atoms with Crippen molar-refractivity contribution in [2.45, 2.75) is 59.3 Å². The van der Waals surface area contributed by atoms with Gasteiger partial charge in [-0.15, -0.1) is 0 Å². The van der Waals surface area contributed by atoms with E-state index in [4.69, 9.17) is 20.4 Å². The minimum Gasteiger partial charge on any atom is -0.493 e. The normalized spacial score (nSPS) is 15.5. The van der Waals surface area contributed by atoms with Crippen LogP contribution in [0.3, 0.4) is 0 Å². The monoisotopic (exact) mass is 409 g/mol. The number of nitrogen functional groups attached to an aromatic ring is 1. The third-order valence-corrected chi connectivity index (χ3v) is 6.03. The van der Waals surface area contributed by atoms with Crippen LogP contribution in [0.4, 0.5) is 5.82 Å². The van der Waals surface area contributed by atoms with Crippen molar-refractivity contribution in [1.82, 2.24) is 20.3 Å². The number of aromatic amines is 1. The number of hydrogen-bond donors (Lipinski definition) is 3. The number of pyridine rings is 1. The molecule has 30 heavy (non-hydrogen) atoms. The minimum absolute atomic E-state index is 0.485. The fourth-order valence-electron chi connectivity index (χ4n) is 4.56. The van der Waals surface area contributed by atoms with Crippen LogP contribution < -0.4 is 15.8 Å². The number of piperidine rings is 1. The van der Waals surface area contributed by atoms with Gasteiger partial charge in [-0.3, -0.25) is 0 Å². The molecular formula is C24H35N5O. The highest BCUT2D eigenvalue weighted by Gasteiger charge is 2.17. The van der Waals surface area contributed by atoms with E-state index in [1.54, 1.807) is 0 Å². The zero-order chi connectivity index (χ0) is 21.1. The number of fused-ring (bicyclic) bond motifs is 3. The first-order valence-electron chi connectivity index (χ1n) is 11.5. The predicted molar refractivity (Wildman–Crippen MR) is 124 cm³/mol. The number of ether oxygens (including phenoxy) is 1. The topological polar surface area (TPSA) is 88.8 Å². The quantitative estimate of drug-likeness (QED) is 0.505. The number of nitrogens with zero attached hydrogens (tertiary/aromatic N) is 2. The van der Waals surface area contributed by atoms with Crippen LogP contribution in [-0.4, -0.2) is 34.6 Å². The second kappa shape index (κ2) is 9.21. The second-order valence-electron chi connectivity index (χ2n) is 9.06. The van der Waals surface area contributed by atoms with E-state index in [1.165, 1.54) is 18.4 Å². The third-order valence-electron chi connectivity index (χ3n) is 6.03. The number of hydrogen-bond acceptors (Lipinski definition) is 5. The summed E-state index contributed by atoms with van der Waals surface area (Å²) in [5.41, 5.74) is 10.2. The number of aromatic nitrogens is 3. The zero-order valence-corrected chi connectivity index (χ0v) is 18.6. The molecule has 1 saturated heterocycles. The van der Waals surface area contributed by atoms with E-state index >= 15 is 0 Å². The Morgan fingerprint density at radius 3 is 2.73 bits per heavy atom. The maximum absolute atomic E-state index is 6.29. The molecule has 0 aliphatic carbocycles. The van der Waals surface area contributed by atoms with Crippen molar-refractivity contribution in [2.75, 3.05) is 25.4 Å². The number of H-pyrrole nitrogens is 1. The molecule has 3 heterocycles. The Hall–Kier alpha value is -2.34. The van der Waals surface area contributed by atoms with E-state index in [-0.39, 0.29) is 0 Å². The summed E-state index contributed by atoms with van der Waals surface area (Å²) in [6, 6.07) is 4.24. The summed E-state index contributed by atoms with van der Waals surface area (Å²) in [4.78, 5) is 12.9. The van der Waals surface area contributed by atoms with Gasteiger partial charge in [0, 0.05) is 17.9 Å². The van der Waals surface area contributed by atoms with E-state index in [2.05, 4.69) is 37.1 Å². The Morgan fingerprint density at radius 1 is 1.20 bits per heavy atom. The van der Waals surface area contributed by atoms with Gasteiger partial charge in [0.25, 0.3) is 0 Å². The smallest absolute Gasteiger partial charge is 0.152 e. The van der Waals surface area contributed by atoms with E-state index in [1.807, 2.05) is 6.07 Å². The minimum atomic E-state index is 0.485. The fourth-order valence-corrected chi connectivity index (χ4v) is 4.56. The first kappa shape index (κ1) is 20.9. The van der Waals surface area contributed by atoms with Crippen LogP contribution in [0.25, 0.3) is 21.9 Å². The fraction of sp³-hybridized carbons (Fsp3) is 0.583. The summed E-state index contributed by atoms with van der Waals surface area (Å²) in [5, 5.41) is 4.56. The number of anilines is 1.